The van der Waals surface area contributed by atoms with Crippen LogP contribution < -0.4 is 19.6 Å². The minimum Gasteiger partial charge on any atom is -0.309 e. The largest absolute Gasteiger partial charge is 0.309 e. The second kappa shape index (κ2) is 33.5. The Labute approximate surface area is 751 Å². The second-order valence-electron chi connectivity index (χ2n) is 38.1. The lowest BCUT2D eigenvalue weighted by Crippen LogP contribution is -2.19. The Bertz CT molecular complexity index is 7010. The van der Waals surface area contributed by atoms with Crippen molar-refractivity contribution in [2.24, 2.45) is 0 Å². The molecule has 0 amide bonds. The topological polar surface area (TPSA) is 13.0 Å². The van der Waals surface area contributed by atoms with Gasteiger partial charge in [-0.05, 0) is 180 Å². The third-order valence-corrected chi connectivity index (χ3v) is 25.6. The van der Waals surface area contributed by atoms with Crippen LogP contribution >= 0.6 is 0 Å². The summed E-state index contributed by atoms with van der Waals surface area (Å²) in [7, 11) is 0. The van der Waals surface area contributed by atoms with Crippen LogP contribution in [0.25, 0.3) is 110 Å². The van der Waals surface area contributed by atoms with Gasteiger partial charge in [0.05, 0.1) is 62.6 Å². The molecule has 0 aliphatic carbocycles. The standard InChI is InChI=1S/C123H108N4/c1-83-43-35-39-61-106(83)124(110-73-65-91(120(2,3)4)77-102(110)87-50-27-17-28-51-87)114-81-115(125(107-62-40-36-58-95(107)84-44-21-14-22-45-84)111-74-66-92(121(5,6)7)78-103(111)88-52-29-18-30-53-88)99-71-72-101-117(127(109-64-42-38-60-97(109)86-48-25-16-26-49-86)113-76-68-94(123(11,12)13)80-105(113)90-56-33-20-34-57-90)82-116(100-70-69-98(114)118(99)119(100)101)126(108-63-41-37-59-96(108)85-46-23-15-24-47-85)112-75-67-93(122(8,9)10)79-104(112)89-54-31-19-32-55-89/h14-82H,1-13H3. The molecule has 0 unspecified atom stereocenters. The predicted molar refractivity (Wildman–Crippen MR) is 546 cm³/mol. The Balaban J connectivity index is 1.08. The van der Waals surface area contributed by atoms with Crippen molar-refractivity contribution in [2.75, 3.05) is 19.6 Å². The van der Waals surface area contributed by atoms with Crippen LogP contribution in [0.1, 0.15) is 111 Å². The molecule has 19 rings (SSSR count). The van der Waals surface area contributed by atoms with Crippen LogP contribution in [0.5, 0.6) is 0 Å². The number of para-hydroxylation sites is 4. The molecule has 0 radical (unpaired) electrons. The van der Waals surface area contributed by atoms with Gasteiger partial charge in [-0.15, -0.1) is 0 Å². The molecule has 0 spiro atoms. The predicted octanol–water partition coefficient (Wildman–Crippen LogP) is 35.6. The zero-order valence-corrected chi connectivity index (χ0v) is 75.1. The Hall–Kier alpha value is -14.6. The monoisotopic (exact) mass is 1640 g/mol. The molecular formula is C123H108N4. The molecular weight excluding hydrogens is 1530 g/mol. The van der Waals surface area contributed by atoms with Crippen LogP contribution in [-0.2, 0) is 21.7 Å². The SMILES string of the molecule is Cc1ccccc1N(c1ccc(C(C)(C)C)cc1-c1ccccc1)c1cc(N(c2ccccc2-c2ccccc2)c2ccc(C(C)(C)C)cc2-c2ccccc2)c2ccc3c(N(c4ccccc4-c4ccccc4)c4ccc(C(C)(C)C)cc4-c4ccccc4)cc(N(c4ccccc4-c4ccccc4)c4ccc(C(C)(C)C)cc4-c4ccccc4)c4ccc1c2c43. The van der Waals surface area contributed by atoms with Gasteiger partial charge in [0, 0.05) is 76.9 Å². The number of rotatable bonds is 19. The van der Waals surface area contributed by atoms with Gasteiger partial charge in [-0.1, -0.05) is 417 Å². The van der Waals surface area contributed by atoms with Crippen LogP contribution in [0.4, 0.5) is 68.2 Å². The minimum absolute atomic E-state index is 0.186. The average molecular weight is 1640 g/mol. The third kappa shape index (κ3) is 15.7. The number of aryl methyl sites for hydroxylation is 1. The van der Waals surface area contributed by atoms with Gasteiger partial charge in [0.1, 0.15) is 0 Å². The summed E-state index contributed by atoms with van der Waals surface area (Å²) in [5.41, 5.74) is 33.2. The first-order valence-electron chi connectivity index (χ1n) is 44.8. The first kappa shape index (κ1) is 82.1. The molecule has 19 aromatic carbocycles. The van der Waals surface area contributed by atoms with E-state index in [4.69, 9.17) is 0 Å². The van der Waals surface area contributed by atoms with Crippen molar-refractivity contribution in [3.63, 3.8) is 0 Å². The summed E-state index contributed by atoms with van der Waals surface area (Å²) in [6, 6.07) is 158. The fourth-order valence-corrected chi connectivity index (χ4v) is 18.8. The van der Waals surface area contributed by atoms with Gasteiger partial charge in [-0.2, -0.15) is 0 Å². The highest BCUT2D eigenvalue weighted by Gasteiger charge is 2.36. The van der Waals surface area contributed by atoms with Crippen molar-refractivity contribution in [3.05, 3.63) is 446 Å². The van der Waals surface area contributed by atoms with Crippen LogP contribution in [0, 0.1) is 6.92 Å². The van der Waals surface area contributed by atoms with E-state index in [1.807, 2.05) is 0 Å². The molecule has 0 atom stereocenters. The number of hydrogen-bond acceptors (Lipinski definition) is 4. The summed E-state index contributed by atoms with van der Waals surface area (Å²) in [6.45, 7) is 30.3. The van der Waals surface area contributed by atoms with E-state index in [1.54, 1.807) is 0 Å². The van der Waals surface area contributed by atoms with Crippen molar-refractivity contribution < 1.29 is 0 Å². The molecule has 0 aromatic heterocycles. The summed E-state index contributed by atoms with van der Waals surface area (Å²) in [4.78, 5) is 10.6. The van der Waals surface area contributed by atoms with E-state index in [9.17, 15) is 0 Å². The van der Waals surface area contributed by atoms with Crippen LogP contribution in [-0.4, -0.2) is 0 Å². The molecule has 4 heteroatoms. The van der Waals surface area contributed by atoms with Gasteiger partial charge in [0.2, 0.25) is 0 Å². The molecule has 0 saturated heterocycles. The summed E-state index contributed by atoms with van der Waals surface area (Å²) in [5, 5.41) is 6.51. The lowest BCUT2D eigenvalue weighted by atomic mass is 9.84. The molecule has 0 aliphatic rings. The molecule has 0 aliphatic heterocycles. The molecule has 4 nitrogen and oxygen atoms in total. The average Bonchev–Trinajstić information content (AvgIpc) is 0.693. The van der Waals surface area contributed by atoms with Gasteiger partial charge in [0.25, 0.3) is 0 Å². The van der Waals surface area contributed by atoms with Crippen molar-refractivity contribution in [3.8, 4) is 77.9 Å². The smallest absolute Gasteiger partial charge is 0.0562 e. The van der Waals surface area contributed by atoms with Crippen molar-refractivity contribution >= 4 is 101 Å². The van der Waals surface area contributed by atoms with E-state index in [0.29, 0.717) is 0 Å². The van der Waals surface area contributed by atoms with Crippen LogP contribution in [0.3, 0.4) is 0 Å². The van der Waals surface area contributed by atoms with E-state index >= 15 is 0 Å². The first-order valence-corrected chi connectivity index (χ1v) is 44.8. The highest BCUT2D eigenvalue weighted by Crippen LogP contribution is 2.60. The Kier molecular flexibility index (Phi) is 21.6. The van der Waals surface area contributed by atoms with Crippen LogP contribution in [0.15, 0.2) is 419 Å². The number of hydrogen-bond donors (Lipinski definition) is 0. The number of nitrogens with zero attached hydrogens (tertiary/aromatic N) is 4. The summed E-state index contributed by atoms with van der Waals surface area (Å²) < 4.78 is 0. The maximum Gasteiger partial charge on any atom is 0.0562 e. The van der Waals surface area contributed by atoms with Crippen LogP contribution in [0.2, 0.25) is 0 Å². The van der Waals surface area contributed by atoms with E-state index < -0.39 is 0 Å². The molecule has 127 heavy (non-hydrogen) atoms. The molecule has 620 valence electrons. The third-order valence-electron chi connectivity index (χ3n) is 25.6. The molecule has 19 aromatic rings. The lowest BCUT2D eigenvalue weighted by Gasteiger charge is -2.37. The maximum absolute atomic E-state index is 2.64. The maximum atomic E-state index is 2.64. The Morgan fingerprint density at radius 2 is 0.331 bits per heavy atom. The Morgan fingerprint density at radius 1 is 0.150 bits per heavy atom. The van der Waals surface area contributed by atoms with Gasteiger partial charge in [-0.3, -0.25) is 0 Å². The summed E-state index contributed by atoms with van der Waals surface area (Å²) >= 11 is 0. The zero-order chi connectivity index (χ0) is 87.5. The summed E-state index contributed by atoms with van der Waals surface area (Å²) in [5.74, 6) is 0. The van der Waals surface area contributed by atoms with Gasteiger partial charge < -0.3 is 19.6 Å². The molecule has 0 heterocycles. The highest BCUT2D eigenvalue weighted by molar-refractivity contribution is 6.34. The van der Waals surface area contributed by atoms with Gasteiger partial charge in [0.15, 0.2) is 0 Å². The van der Waals surface area contributed by atoms with Gasteiger partial charge in [-0.25, -0.2) is 0 Å². The normalized spacial score (nSPS) is 12.0. The fraction of sp³-hybridized carbons (Fsp3) is 0.138. The van der Waals surface area contributed by atoms with Gasteiger partial charge >= 0.3 is 0 Å². The highest BCUT2D eigenvalue weighted by atomic mass is 15.2. The zero-order valence-electron chi connectivity index (χ0n) is 75.1. The minimum atomic E-state index is -0.204. The molecule has 0 bridgehead atoms. The number of benzene rings is 19. The van der Waals surface area contributed by atoms with E-state index in [1.165, 1.54) is 22.3 Å². The van der Waals surface area contributed by atoms with Crippen molar-refractivity contribution in [1.29, 1.82) is 0 Å². The molecule has 0 saturated carbocycles. The van der Waals surface area contributed by atoms with Crippen molar-refractivity contribution in [1.82, 2.24) is 0 Å². The second-order valence-corrected chi connectivity index (χ2v) is 38.1. The first-order chi connectivity index (χ1) is 61.5. The Morgan fingerprint density at radius 3 is 0.551 bits per heavy atom. The van der Waals surface area contributed by atoms with E-state index in [0.717, 1.165) is 184 Å². The fourth-order valence-electron chi connectivity index (χ4n) is 18.8. The lowest BCUT2D eigenvalue weighted by molar-refractivity contribution is 0.590. The molecule has 0 fully saturated rings. The van der Waals surface area contributed by atoms with Crippen molar-refractivity contribution in [2.45, 2.75) is 112 Å². The van der Waals surface area contributed by atoms with E-state index in [-0.39, 0.29) is 21.7 Å². The quantitative estimate of drug-likeness (QED) is 0.0748. The summed E-state index contributed by atoms with van der Waals surface area (Å²) in [6.07, 6.45) is 0. The number of anilines is 12. The molecule has 0 N–H and O–H groups in total. The van der Waals surface area contributed by atoms with E-state index in [2.05, 4.69) is 528 Å².